The molecule has 0 amide bonds. The summed E-state index contributed by atoms with van der Waals surface area (Å²) in [4.78, 5) is 10.8. The first-order valence-corrected chi connectivity index (χ1v) is 8.69. The second kappa shape index (κ2) is 7.46. The lowest BCUT2D eigenvalue weighted by Gasteiger charge is -2.13. The summed E-state index contributed by atoms with van der Waals surface area (Å²) in [6, 6.07) is 0. The predicted octanol–water partition coefficient (Wildman–Crippen LogP) is 4.55. The molecule has 0 saturated carbocycles. The molecular weight excluding hydrogens is 344 g/mol. The fourth-order valence-corrected chi connectivity index (χ4v) is 2.83. The van der Waals surface area contributed by atoms with E-state index < -0.39 is 9.67 Å². The van der Waals surface area contributed by atoms with Gasteiger partial charge in [0.15, 0.2) is 27.1 Å². The molecule has 1 aromatic heterocycles. The van der Waals surface area contributed by atoms with Crippen LogP contribution in [0.5, 0.6) is 0 Å². The second-order valence-electron chi connectivity index (χ2n) is 2.81. The Bertz CT molecular complexity index is 348. The summed E-state index contributed by atoms with van der Waals surface area (Å²) in [6.07, 6.45) is 3.92. The molecule has 9 heteroatoms. The summed E-state index contributed by atoms with van der Waals surface area (Å²) < 4.78 is 0.0645. The maximum Gasteiger partial charge on any atom is 0.167 e. The van der Waals surface area contributed by atoms with Gasteiger partial charge in [0.25, 0.3) is 0 Å². The van der Waals surface area contributed by atoms with E-state index in [1.165, 1.54) is 0 Å². The molecule has 0 N–H and O–H groups in total. The third-order valence-corrected chi connectivity index (χ3v) is 4.93. The molecule has 3 nitrogen and oxygen atoms in total. The lowest BCUT2D eigenvalue weighted by molar-refractivity contribution is 0.835. The molecule has 0 spiro atoms. The maximum atomic E-state index is 5.76. The Morgan fingerprint density at radius 1 is 0.765 bits per heavy atom. The molecule has 1 aromatic rings. The highest BCUT2D eigenvalue weighted by Crippen LogP contribution is 2.35. The van der Waals surface area contributed by atoms with Gasteiger partial charge >= 0.3 is 0 Å². The van der Waals surface area contributed by atoms with E-state index in [1.54, 1.807) is 23.5 Å². The molecule has 0 radical (unpaired) electrons. The summed E-state index contributed by atoms with van der Waals surface area (Å²) in [5.74, 6) is 1.11. The van der Waals surface area contributed by atoms with Gasteiger partial charge in [0.2, 0.25) is 0 Å². The highest BCUT2D eigenvalue weighted by atomic mass is 35.5. The predicted molar refractivity (Wildman–Crippen MR) is 78.5 cm³/mol. The van der Waals surface area contributed by atoms with Crippen molar-refractivity contribution in [3.63, 3.8) is 0 Å². The Kier molecular flexibility index (Phi) is 6.99. The van der Waals surface area contributed by atoms with Crippen LogP contribution in [0.3, 0.4) is 0 Å². The van der Waals surface area contributed by atoms with Crippen LogP contribution in [0.25, 0.3) is 0 Å². The van der Waals surface area contributed by atoms with Gasteiger partial charge in [-0.3, -0.25) is 0 Å². The fraction of sp³-hybridized carbons (Fsp3) is 0.625. The highest BCUT2D eigenvalue weighted by molar-refractivity contribution is 8.15. The van der Waals surface area contributed by atoms with Crippen LogP contribution >= 0.6 is 69.9 Å². The number of thioether (sulfide) groups is 2. The molecule has 17 heavy (non-hydrogen) atoms. The van der Waals surface area contributed by atoms with E-state index in [-0.39, 0.29) is 16.2 Å². The standard InChI is InChI=1S/C8H9Cl4N3S2/c1-16-8(17-2)7-14-5(3(9)10)13-6(15-7)4(11)12/h3-4,8H,1-2H3. The average Bonchev–Trinajstić information content (AvgIpc) is 2.30. The largest absolute Gasteiger partial charge is 0.213 e. The van der Waals surface area contributed by atoms with Crippen LogP contribution in [0, 0.1) is 0 Å². The fourth-order valence-electron chi connectivity index (χ4n) is 1.03. The Hall–Kier alpha value is 0.870. The van der Waals surface area contributed by atoms with Crippen molar-refractivity contribution in [3.8, 4) is 0 Å². The summed E-state index contributed by atoms with van der Waals surface area (Å²) in [5, 5.41) is 0. The molecule has 1 rings (SSSR count). The first-order valence-electron chi connectivity index (χ1n) is 4.37. The van der Waals surface area contributed by atoms with Crippen molar-refractivity contribution in [1.29, 1.82) is 0 Å². The Morgan fingerprint density at radius 3 is 1.41 bits per heavy atom. The molecule has 1 heterocycles. The molecule has 0 aliphatic carbocycles. The Labute approximate surface area is 128 Å². The second-order valence-corrected chi connectivity index (χ2v) is 7.19. The van der Waals surface area contributed by atoms with Crippen LogP contribution < -0.4 is 0 Å². The van der Waals surface area contributed by atoms with E-state index >= 15 is 0 Å². The summed E-state index contributed by atoms with van der Waals surface area (Å²) >= 11 is 26.2. The van der Waals surface area contributed by atoms with Gasteiger partial charge in [0.1, 0.15) is 4.58 Å². The molecule has 0 aromatic carbocycles. The molecule has 0 fully saturated rings. The number of rotatable bonds is 5. The van der Waals surface area contributed by atoms with E-state index in [9.17, 15) is 0 Å². The van der Waals surface area contributed by atoms with Gasteiger partial charge in [-0.05, 0) is 12.5 Å². The minimum absolute atomic E-state index is 0.0645. The van der Waals surface area contributed by atoms with Crippen LogP contribution in [-0.4, -0.2) is 27.5 Å². The van der Waals surface area contributed by atoms with Gasteiger partial charge in [-0.1, -0.05) is 46.4 Å². The monoisotopic (exact) mass is 351 g/mol. The van der Waals surface area contributed by atoms with Crippen molar-refractivity contribution in [3.05, 3.63) is 17.5 Å². The minimum atomic E-state index is -0.827. The molecule has 0 aliphatic rings. The van der Waals surface area contributed by atoms with Crippen LogP contribution in [0.15, 0.2) is 0 Å². The maximum absolute atomic E-state index is 5.76. The number of halogens is 4. The number of aromatic nitrogens is 3. The number of alkyl halides is 4. The molecule has 0 aliphatic heterocycles. The normalized spacial score (nSPS) is 11.8. The number of hydrogen-bond acceptors (Lipinski definition) is 5. The molecular formula is C8H9Cl4N3S2. The van der Waals surface area contributed by atoms with E-state index in [0.29, 0.717) is 5.82 Å². The van der Waals surface area contributed by atoms with E-state index in [0.717, 1.165) is 0 Å². The van der Waals surface area contributed by atoms with E-state index in [4.69, 9.17) is 46.4 Å². The van der Waals surface area contributed by atoms with Gasteiger partial charge in [0.05, 0.1) is 0 Å². The van der Waals surface area contributed by atoms with Crippen molar-refractivity contribution in [2.75, 3.05) is 12.5 Å². The lowest BCUT2D eigenvalue weighted by Crippen LogP contribution is -2.08. The summed E-state index contributed by atoms with van der Waals surface area (Å²) in [6.45, 7) is 0. The van der Waals surface area contributed by atoms with Crippen molar-refractivity contribution in [1.82, 2.24) is 15.0 Å². The van der Waals surface area contributed by atoms with Crippen molar-refractivity contribution in [2.24, 2.45) is 0 Å². The van der Waals surface area contributed by atoms with Crippen LogP contribution in [-0.2, 0) is 0 Å². The van der Waals surface area contributed by atoms with Crippen molar-refractivity contribution < 1.29 is 0 Å². The molecule has 0 saturated heterocycles. The lowest BCUT2D eigenvalue weighted by atomic mass is 10.5. The number of nitrogens with zero attached hydrogens (tertiary/aromatic N) is 3. The van der Waals surface area contributed by atoms with Gasteiger partial charge in [-0.25, -0.2) is 15.0 Å². The molecule has 0 atom stereocenters. The minimum Gasteiger partial charge on any atom is -0.213 e. The highest BCUT2D eigenvalue weighted by Gasteiger charge is 2.20. The summed E-state index contributed by atoms with van der Waals surface area (Å²) in [5.41, 5.74) is 0. The quantitative estimate of drug-likeness (QED) is 0.574. The zero-order valence-corrected chi connectivity index (χ0v) is 13.6. The first kappa shape index (κ1) is 15.9. The zero-order chi connectivity index (χ0) is 13.0. The third-order valence-electron chi connectivity index (χ3n) is 1.72. The Balaban J connectivity index is 3.20. The van der Waals surface area contributed by atoms with Crippen molar-refractivity contribution >= 4 is 69.9 Å². The van der Waals surface area contributed by atoms with Crippen molar-refractivity contribution in [2.45, 2.75) is 14.3 Å². The third kappa shape index (κ3) is 4.48. The topological polar surface area (TPSA) is 38.7 Å². The zero-order valence-electron chi connectivity index (χ0n) is 8.90. The first-order chi connectivity index (χ1) is 7.99. The van der Waals surface area contributed by atoms with E-state index in [1.807, 2.05) is 12.5 Å². The van der Waals surface area contributed by atoms with Crippen LogP contribution in [0.1, 0.15) is 31.7 Å². The Morgan fingerprint density at radius 2 is 1.12 bits per heavy atom. The molecule has 96 valence electrons. The van der Waals surface area contributed by atoms with Gasteiger partial charge < -0.3 is 0 Å². The average molecular weight is 353 g/mol. The van der Waals surface area contributed by atoms with E-state index in [2.05, 4.69) is 15.0 Å². The van der Waals surface area contributed by atoms with Gasteiger partial charge in [-0.2, -0.15) is 0 Å². The van der Waals surface area contributed by atoms with Gasteiger partial charge in [0, 0.05) is 0 Å². The summed E-state index contributed by atoms with van der Waals surface area (Å²) in [7, 11) is 0. The SMILES string of the molecule is CSC(SC)c1nc(C(Cl)Cl)nc(C(Cl)Cl)n1. The van der Waals surface area contributed by atoms with Crippen LogP contribution in [0.4, 0.5) is 0 Å². The smallest absolute Gasteiger partial charge is 0.167 e. The number of hydrogen-bond donors (Lipinski definition) is 0. The molecule has 0 unspecified atom stereocenters. The van der Waals surface area contributed by atoms with Gasteiger partial charge in [-0.15, -0.1) is 23.5 Å². The molecule has 0 bridgehead atoms. The van der Waals surface area contributed by atoms with Crippen LogP contribution in [0.2, 0.25) is 0 Å².